The predicted octanol–water partition coefficient (Wildman–Crippen LogP) is 3.47. The molecule has 3 N–H and O–H groups in total. The van der Waals surface area contributed by atoms with E-state index in [9.17, 15) is 19.5 Å². The summed E-state index contributed by atoms with van der Waals surface area (Å²) < 4.78 is 0. The molecule has 0 saturated carbocycles. The van der Waals surface area contributed by atoms with Gasteiger partial charge in [-0.25, -0.2) is 9.59 Å². The van der Waals surface area contributed by atoms with E-state index in [1.165, 1.54) is 4.90 Å². The lowest BCUT2D eigenvalue weighted by molar-refractivity contribution is -0.143. The zero-order chi connectivity index (χ0) is 18.5. The normalized spacial score (nSPS) is 16.8. The van der Waals surface area contributed by atoms with Crippen molar-refractivity contribution in [1.29, 1.82) is 0 Å². The summed E-state index contributed by atoms with van der Waals surface area (Å²) in [4.78, 5) is 37.9. The zero-order valence-electron chi connectivity index (χ0n) is 14.0. The molecule has 136 valence electrons. The molecule has 3 amide bonds. The molecule has 1 aromatic carbocycles. The van der Waals surface area contributed by atoms with E-state index >= 15 is 0 Å². The van der Waals surface area contributed by atoms with Crippen molar-refractivity contribution in [2.24, 2.45) is 0 Å². The zero-order valence-corrected chi connectivity index (χ0v) is 14.8. The van der Waals surface area contributed by atoms with Gasteiger partial charge in [0.25, 0.3) is 5.91 Å². The van der Waals surface area contributed by atoms with Crippen LogP contribution in [-0.4, -0.2) is 40.5 Å². The number of thiophene rings is 1. The molecule has 1 aromatic heterocycles. The predicted molar refractivity (Wildman–Crippen MR) is 99.7 cm³/mol. The van der Waals surface area contributed by atoms with Crippen molar-refractivity contribution in [3.05, 3.63) is 47.3 Å². The maximum atomic E-state index is 12.6. The first-order valence-corrected chi connectivity index (χ1v) is 9.13. The molecule has 2 aromatic rings. The number of amides is 3. The van der Waals surface area contributed by atoms with E-state index < -0.39 is 18.0 Å². The minimum absolute atomic E-state index is 0.307. The molecule has 1 fully saturated rings. The Morgan fingerprint density at radius 3 is 2.54 bits per heavy atom. The maximum Gasteiger partial charge on any atom is 0.326 e. The Morgan fingerprint density at radius 1 is 1.04 bits per heavy atom. The first-order chi connectivity index (χ1) is 12.5. The first-order valence-electron chi connectivity index (χ1n) is 8.31. The highest BCUT2D eigenvalue weighted by molar-refractivity contribution is 7.18. The molecule has 3 rings (SSSR count). The number of anilines is 2. The van der Waals surface area contributed by atoms with Gasteiger partial charge >= 0.3 is 12.0 Å². The van der Waals surface area contributed by atoms with E-state index in [0.29, 0.717) is 28.5 Å². The van der Waals surface area contributed by atoms with Crippen LogP contribution in [0.5, 0.6) is 0 Å². The van der Waals surface area contributed by atoms with Crippen molar-refractivity contribution in [2.75, 3.05) is 17.2 Å². The molecule has 1 saturated heterocycles. The third-order valence-corrected chi connectivity index (χ3v) is 5.12. The summed E-state index contributed by atoms with van der Waals surface area (Å²) in [6.07, 6.45) is 2.07. The standard InChI is InChI=1S/C18H19N3O4S/c22-16(21-11-5-4-8-13(21)17(23)24)14-9-10-15(26-14)20-18(25)19-12-6-2-1-3-7-12/h1-3,6-7,9-10,13H,4-5,8,11H2,(H,23,24)(H2,19,20,25)/t13-/m1/s1. The van der Waals surface area contributed by atoms with Gasteiger partial charge in [0.05, 0.1) is 9.88 Å². The third kappa shape index (κ3) is 4.20. The minimum atomic E-state index is -0.977. The van der Waals surface area contributed by atoms with Gasteiger partial charge in [0.2, 0.25) is 0 Å². The fraction of sp³-hybridized carbons (Fsp3) is 0.278. The lowest BCUT2D eigenvalue weighted by Crippen LogP contribution is -2.47. The van der Waals surface area contributed by atoms with E-state index in [-0.39, 0.29) is 5.91 Å². The van der Waals surface area contributed by atoms with Crippen molar-refractivity contribution in [3.63, 3.8) is 0 Å². The number of carboxylic acid groups (broad SMARTS) is 1. The summed E-state index contributed by atoms with van der Waals surface area (Å²) in [7, 11) is 0. The van der Waals surface area contributed by atoms with Crippen LogP contribution >= 0.6 is 11.3 Å². The number of nitrogens with one attached hydrogen (secondary N) is 2. The van der Waals surface area contributed by atoms with Crippen molar-refractivity contribution in [2.45, 2.75) is 25.3 Å². The van der Waals surface area contributed by atoms with Crippen LogP contribution in [-0.2, 0) is 4.79 Å². The molecule has 1 aliphatic heterocycles. The minimum Gasteiger partial charge on any atom is -0.480 e. The molecule has 26 heavy (non-hydrogen) atoms. The maximum absolute atomic E-state index is 12.6. The van der Waals surface area contributed by atoms with Crippen LogP contribution in [0.3, 0.4) is 0 Å². The third-order valence-electron chi connectivity index (χ3n) is 4.13. The van der Waals surface area contributed by atoms with E-state index in [2.05, 4.69) is 10.6 Å². The van der Waals surface area contributed by atoms with Crippen molar-refractivity contribution >= 4 is 39.9 Å². The Balaban J connectivity index is 1.64. The molecule has 2 heterocycles. The van der Waals surface area contributed by atoms with E-state index in [1.807, 2.05) is 18.2 Å². The molecule has 1 aliphatic rings. The van der Waals surface area contributed by atoms with Gasteiger partial charge in [-0.1, -0.05) is 18.2 Å². The van der Waals surface area contributed by atoms with Gasteiger partial charge in [-0.3, -0.25) is 10.1 Å². The van der Waals surface area contributed by atoms with Crippen LogP contribution in [0, 0.1) is 0 Å². The second kappa shape index (κ2) is 8.01. The fourth-order valence-electron chi connectivity index (χ4n) is 2.89. The van der Waals surface area contributed by atoms with Crippen LogP contribution in [0.2, 0.25) is 0 Å². The molecule has 0 unspecified atom stereocenters. The Kier molecular flexibility index (Phi) is 5.52. The average molecular weight is 373 g/mol. The topological polar surface area (TPSA) is 98.7 Å². The summed E-state index contributed by atoms with van der Waals surface area (Å²) >= 11 is 1.13. The molecule has 1 atom stereocenters. The molecule has 0 aliphatic carbocycles. The highest BCUT2D eigenvalue weighted by atomic mass is 32.1. The number of para-hydroxylation sites is 1. The second-order valence-electron chi connectivity index (χ2n) is 5.96. The largest absolute Gasteiger partial charge is 0.480 e. The van der Waals surface area contributed by atoms with Gasteiger partial charge in [-0.2, -0.15) is 0 Å². The highest BCUT2D eigenvalue weighted by Gasteiger charge is 2.33. The Hall–Kier alpha value is -2.87. The molecular weight excluding hydrogens is 354 g/mol. The summed E-state index contributed by atoms with van der Waals surface area (Å²) in [5, 5.41) is 15.2. The molecule has 0 spiro atoms. The SMILES string of the molecule is O=C(Nc1ccccc1)Nc1ccc(C(=O)N2CCCC[C@@H]2C(=O)O)s1. The molecular formula is C18H19N3O4S. The number of hydrogen-bond donors (Lipinski definition) is 3. The lowest BCUT2D eigenvalue weighted by atomic mass is 10.0. The molecule has 7 nitrogen and oxygen atoms in total. The van der Waals surface area contributed by atoms with Crippen LogP contribution < -0.4 is 10.6 Å². The number of nitrogens with zero attached hydrogens (tertiary/aromatic N) is 1. The number of aliphatic carboxylic acids is 1. The quantitative estimate of drug-likeness (QED) is 0.764. The van der Waals surface area contributed by atoms with Crippen LogP contribution in [0.1, 0.15) is 28.9 Å². The van der Waals surface area contributed by atoms with Gasteiger partial charge in [0.1, 0.15) is 6.04 Å². The Morgan fingerprint density at radius 2 is 1.81 bits per heavy atom. The number of carbonyl (C=O) groups is 3. The number of likely N-dealkylation sites (tertiary alicyclic amines) is 1. The second-order valence-corrected chi connectivity index (χ2v) is 7.04. The van der Waals surface area contributed by atoms with Gasteiger partial charge in [0, 0.05) is 12.2 Å². The Labute approximate surface area is 154 Å². The van der Waals surface area contributed by atoms with Gasteiger partial charge in [-0.05, 0) is 43.5 Å². The van der Waals surface area contributed by atoms with Crippen molar-refractivity contribution in [3.8, 4) is 0 Å². The highest BCUT2D eigenvalue weighted by Crippen LogP contribution is 2.26. The fourth-order valence-corrected chi connectivity index (χ4v) is 3.75. The van der Waals surface area contributed by atoms with Gasteiger partial charge in [-0.15, -0.1) is 11.3 Å². The number of carboxylic acids is 1. The van der Waals surface area contributed by atoms with E-state index in [0.717, 1.165) is 24.2 Å². The Bertz CT molecular complexity index is 806. The summed E-state index contributed by atoms with van der Waals surface area (Å²) in [6, 6.07) is 11.1. The van der Waals surface area contributed by atoms with Crippen molar-refractivity contribution < 1.29 is 19.5 Å². The number of carbonyl (C=O) groups excluding carboxylic acids is 2. The summed E-state index contributed by atoms with van der Waals surface area (Å²) in [5.74, 6) is -1.28. The lowest BCUT2D eigenvalue weighted by Gasteiger charge is -2.32. The molecule has 0 radical (unpaired) electrons. The van der Waals surface area contributed by atoms with Crippen molar-refractivity contribution in [1.82, 2.24) is 4.90 Å². The monoisotopic (exact) mass is 373 g/mol. The van der Waals surface area contributed by atoms with E-state index in [4.69, 9.17) is 0 Å². The van der Waals surface area contributed by atoms with Crippen LogP contribution in [0.4, 0.5) is 15.5 Å². The number of urea groups is 1. The van der Waals surface area contributed by atoms with E-state index in [1.54, 1.807) is 24.3 Å². The smallest absolute Gasteiger partial charge is 0.326 e. The molecule has 0 bridgehead atoms. The number of piperidine rings is 1. The van der Waals surface area contributed by atoms with Crippen LogP contribution in [0.25, 0.3) is 0 Å². The molecule has 8 heteroatoms. The van der Waals surface area contributed by atoms with Gasteiger partial charge < -0.3 is 15.3 Å². The summed E-state index contributed by atoms with van der Waals surface area (Å²) in [5.41, 5.74) is 0.662. The number of rotatable bonds is 4. The summed E-state index contributed by atoms with van der Waals surface area (Å²) in [6.45, 7) is 0.435. The first kappa shape index (κ1) is 17.9. The number of benzene rings is 1. The van der Waals surface area contributed by atoms with Crippen LogP contribution in [0.15, 0.2) is 42.5 Å². The van der Waals surface area contributed by atoms with Gasteiger partial charge in [0.15, 0.2) is 0 Å². The number of hydrogen-bond acceptors (Lipinski definition) is 4. The average Bonchev–Trinajstić information content (AvgIpc) is 3.10.